The van der Waals surface area contributed by atoms with Crippen molar-refractivity contribution in [2.75, 3.05) is 32.7 Å². The molecule has 6 rings (SSSR count). The Hall–Kier alpha value is -3.53. The number of ketones is 1. The van der Waals surface area contributed by atoms with Crippen LogP contribution in [0.2, 0.25) is 0 Å². The molecular formula is C32H30N2O. The van der Waals surface area contributed by atoms with Crippen molar-refractivity contribution in [3.05, 3.63) is 131 Å². The SMILES string of the molecule is O=C(CN1CCN(C(c2ccccc2)c2ccccc2)CC1)C1c2ccccc2-c2ccccc21. The molecule has 4 aromatic rings. The number of nitrogens with zero attached hydrogens (tertiary/aromatic N) is 2. The fourth-order valence-electron chi connectivity index (χ4n) is 5.88. The fourth-order valence-corrected chi connectivity index (χ4v) is 5.88. The Balaban J connectivity index is 1.17. The quantitative estimate of drug-likeness (QED) is 0.366. The van der Waals surface area contributed by atoms with Crippen LogP contribution in [0.25, 0.3) is 11.1 Å². The summed E-state index contributed by atoms with van der Waals surface area (Å²) in [6.45, 7) is 4.19. The molecule has 35 heavy (non-hydrogen) atoms. The third-order valence-electron chi connectivity index (χ3n) is 7.54. The number of hydrogen-bond donors (Lipinski definition) is 0. The molecule has 1 aliphatic carbocycles. The molecule has 0 saturated carbocycles. The molecule has 1 heterocycles. The minimum atomic E-state index is -0.151. The fraction of sp³-hybridized carbons (Fsp3) is 0.219. The normalized spacial score (nSPS) is 16.3. The van der Waals surface area contributed by atoms with Crippen LogP contribution < -0.4 is 0 Å². The molecule has 0 amide bonds. The summed E-state index contributed by atoms with van der Waals surface area (Å²) >= 11 is 0. The van der Waals surface area contributed by atoms with E-state index in [-0.39, 0.29) is 12.0 Å². The van der Waals surface area contributed by atoms with Gasteiger partial charge in [-0.05, 0) is 33.4 Å². The van der Waals surface area contributed by atoms with Crippen LogP contribution in [0.15, 0.2) is 109 Å². The smallest absolute Gasteiger partial charge is 0.158 e. The third kappa shape index (κ3) is 4.22. The van der Waals surface area contributed by atoms with E-state index in [9.17, 15) is 4.79 Å². The summed E-state index contributed by atoms with van der Waals surface area (Å²) in [5.74, 6) is 0.153. The van der Waals surface area contributed by atoms with Gasteiger partial charge in [-0.25, -0.2) is 0 Å². The minimum Gasteiger partial charge on any atom is -0.297 e. The molecule has 1 fully saturated rings. The number of hydrogen-bond acceptors (Lipinski definition) is 3. The van der Waals surface area contributed by atoms with Crippen LogP contribution in [-0.2, 0) is 4.79 Å². The van der Waals surface area contributed by atoms with Gasteiger partial charge < -0.3 is 0 Å². The molecule has 3 heteroatoms. The Labute approximate surface area is 207 Å². The van der Waals surface area contributed by atoms with Gasteiger partial charge in [0, 0.05) is 26.2 Å². The number of carbonyl (C=O) groups excluding carboxylic acids is 1. The van der Waals surface area contributed by atoms with Gasteiger partial charge in [0.2, 0.25) is 0 Å². The topological polar surface area (TPSA) is 23.6 Å². The average Bonchev–Trinajstić information content (AvgIpc) is 3.26. The lowest BCUT2D eigenvalue weighted by molar-refractivity contribution is -0.121. The summed E-state index contributed by atoms with van der Waals surface area (Å²) in [4.78, 5) is 18.5. The number of Topliss-reactive ketones (excluding diaryl/α,β-unsaturated/α-hetero) is 1. The molecule has 0 spiro atoms. The van der Waals surface area contributed by atoms with Crippen molar-refractivity contribution in [1.82, 2.24) is 9.80 Å². The lowest BCUT2D eigenvalue weighted by Crippen LogP contribution is -2.49. The van der Waals surface area contributed by atoms with E-state index in [1.165, 1.54) is 22.3 Å². The molecule has 3 nitrogen and oxygen atoms in total. The van der Waals surface area contributed by atoms with Gasteiger partial charge >= 0.3 is 0 Å². The molecule has 0 aromatic heterocycles. The summed E-state index contributed by atoms with van der Waals surface area (Å²) in [5.41, 5.74) is 7.38. The van der Waals surface area contributed by atoms with Crippen molar-refractivity contribution in [2.24, 2.45) is 0 Å². The number of carbonyl (C=O) groups is 1. The molecule has 0 N–H and O–H groups in total. The minimum absolute atomic E-state index is 0.151. The highest BCUT2D eigenvalue weighted by molar-refractivity contribution is 5.98. The standard InChI is InChI=1S/C32H30N2O/c35-30(31-28-17-9-7-15-26(28)27-16-8-10-18-29(27)31)23-33-19-21-34(22-20-33)32(24-11-3-1-4-12-24)25-13-5-2-6-14-25/h1-18,31-32H,19-23H2. The maximum atomic E-state index is 13.6. The summed E-state index contributed by atoms with van der Waals surface area (Å²) in [6, 6.07) is 38.6. The van der Waals surface area contributed by atoms with Crippen molar-refractivity contribution in [3.8, 4) is 11.1 Å². The molecule has 4 aromatic carbocycles. The summed E-state index contributed by atoms with van der Waals surface area (Å²) in [5, 5.41) is 0. The monoisotopic (exact) mass is 458 g/mol. The van der Waals surface area contributed by atoms with Crippen LogP contribution in [0.5, 0.6) is 0 Å². The van der Waals surface area contributed by atoms with Crippen LogP contribution >= 0.6 is 0 Å². The van der Waals surface area contributed by atoms with Gasteiger partial charge in [-0.15, -0.1) is 0 Å². The zero-order valence-electron chi connectivity index (χ0n) is 19.9. The van der Waals surface area contributed by atoms with Crippen LogP contribution in [0, 0.1) is 0 Å². The average molecular weight is 459 g/mol. The Kier molecular flexibility index (Phi) is 6.03. The van der Waals surface area contributed by atoms with Crippen molar-refractivity contribution >= 4 is 5.78 Å². The van der Waals surface area contributed by atoms with Crippen LogP contribution in [-0.4, -0.2) is 48.3 Å². The molecule has 0 radical (unpaired) electrons. The lowest BCUT2D eigenvalue weighted by Gasteiger charge is -2.39. The van der Waals surface area contributed by atoms with E-state index < -0.39 is 0 Å². The number of fused-ring (bicyclic) bond motifs is 3. The maximum absolute atomic E-state index is 13.6. The first kappa shape index (κ1) is 22.0. The van der Waals surface area contributed by atoms with Crippen LogP contribution in [0.3, 0.4) is 0 Å². The molecule has 0 unspecified atom stereocenters. The highest BCUT2D eigenvalue weighted by atomic mass is 16.1. The highest BCUT2D eigenvalue weighted by Crippen LogP contribution is 2.45. The lowest BCUT2D eigenvalue weighted by atomic mass is 9.92. The predicted octanol–water partition coefficient (Wildman–Crippen LogP) is 5.78. The van der Waals surface area contributed by atoms with Crippen molar-refractivity contribution in [1.29, 1.82) is 0 Å². The van der Waals surface area contributed by atoms with Gasteiger partial charge in [-0.2, -0.15) is 0 Å². The third-order valence-corrected chi connectivity index (χ3v) is 7.54. The van der Waals surface area contributed by atoms with E-state index in [0.29, 0.717) is 12.3 Å². The first-order valence-electron chi connectivity index (χ1n) is 12.6. The van der Waals surface area contributed by atoms with E-state index in [1.807, 2.05) is 0 Å². The Morgan fingerprint density at radius 3 is 1.60 bits per heavy atom. The second-order valence-electron chi connectivity index (χ2n) is 9.61. The second kappa shape index (κ2) is 9.61. The van der Waals surface area contributed by atoms with Crippen molar-refractivity contribution in [3.63, 3.8) is 0 Å². The largest absolute Gasteiger partial charge is 0.297 e. The van der Waals surface area contributed by atoms with Gasteiger partial charge in [0.15, 0.2) is 5.78 Å². The Morgan fingerprint density at radius 2 is 1.09 bits per heavy atom. The van der Waals surface area contributed by atoms with Gasteiger partial charge in [0.25, 0.3) is 0 Å². The molecule has 174 valence electrons. The van der Waals surface area contributed by atoms with Gasteiger partial charge in [-0.1, -0.05) is 109 Å². The van der Waals surface area contributed by atoms with E-state index in [4.69, 9.17) is 0 Å². The molecular weight excluding hydrogens is 428 g/mol. The summed E-state index contributed by atoms with van der Waals surface area (Å²) < 4.78 is 0. The van der Waals surface area contributed by atoms with Crippen LogP contribution in [0.1, 0.15) is 34.2 Å². The predicted molar refractivity (Wildman–Crippen MR) is 141 cm³/mol. The number of rotatable bonds is 6. The molecule has 1 aliphatic heterocycles. The number of benzene rings is 4. The van der Waals surface area contributed by atoms with Gasteiger partial charge in [0.1, 0.15) is 0 Å². The van der Waals surface area contributed by atoms with Gasteiger partial charge in [0.05, 0.1) is 18.5 Å². The first-order chi connectivity index (χ1) is 17.3. The van der Waals surface area contributed by atoms with Crippen molar-refractivity contribution in [2.45, 2.75) is 12.0 Å². The molecule has 0 atom stereocenters. The van der Waals surface area contributed by atoms with E-state index in [1.54, 1.807) is 0 Å². The zero-order chi connectivity index (χ0) is 23.6. The Bertz CT molecular complexity index is 1220. The summed E-state index contributed by atoms with van der Waals surface area (Å²) in [7, 11) is 0. The molecule has 0 bridgehead atoms. The van der Waals surface area contributed by atoms with Gasteiger partial charge in [-0.3, -0.25) is 14.6 Å². The highest BCUT2D eigenvalue weighted by Gasteiger charge is 2.34. The number of piperazine rings is 1. The van der Waals surface area contributed by atoms with E-state index in [2.05, 4.69) is 119 Å². The molecule has 2 aliphatic rings. The van der Waals surface area contributed by atoms with E-state index >= 15 is 0 Å². The maximum Gasteiger partial charge on any atom is 0.158 e. The van der Waals surface area contributed by atoms with Crippen molar-refractivity contribution < 1.29 is 4.79 Å². The zero-order valence-corrected chi connectivity index (χ0v) is 19.9. The Morgan fingerprint density at radius 1 is 0.629 bits per heavy atom. The first-order valence-corrected chi connectivity index (χ1v) is 12.6. The second-order valence-corrected chi connectivity index (χ2v) is 9.61. The van der Waals surface area contributed by atoms with E-state index in [0.717, 1.165) is 37.3 Å². The summed E-state index contributed by atoms with van der Waals surface area (Å²) in [6.07, 6.45) is 0. The molecule has 1 saturated heterocycles. The van der Waals surface area contributed by atoms with Crippen LogP contribution in [0.4, 0.5) is 0 Å².